The van der Waals surface area contributed by atoms with Crippen molar-refractivity contribution in [3.8, 4) is 0 Å². The van der Waals surface area contributed by atoms with Crippen molar-refractivity contribution in [1.82, 2.24) is 9.80 Å². The van der Waals surface area contributed by atoms with Crippen LogP contribution in [0.5, 0.6) is 0 Å². The number of halogens is 3. The number of rotatable bonds is 2. The van der Waals surface area contributed by atoms with Gasteiger partial charge in [0.2, 0.25) is 0 Å². The highest BCUT2D eigenvalue weighted by Gasteiger charge is 2.26. The van der Waals surface area contributed by atoms with Crippen molar-refractivity contribution in [3.63, 3.8) is 0 Å². The zero-order chi connectivity index (χ0) is 18.0. The number of piperazine rings is 1. The van der Waals surface area contributed by atoms with E-state index in [1.807, 2.05) is 0 Å². The zero-order valence-corrected chi connectivity index (χ0v) is 13.2. The van der Waals surface area contributed by atoms with Crippen LogP contribution < -0.4 is 0 Å². The van der Waals surface area contributed by atoms with Crippen LogP contribution >= 0.6 is 0 Å². The van der Waals surface area contributed by atoms with Crippen molar-refractivity contribution in [1.29, 1.82) is 0 Å². The number of carbonyl (C=O) groups is 2. The van der Waals surface area contributed by atoms with E-state index in [0.717, 1.165) is 12.1 Å². The van der Waals surface area contributed by atoms with Crippen molar-refractivity contribution in [3.05, 3.63) is 71.0 Å². The Morgan fingerprint density at radius 2 is 1.16 bits per heavy atom. The molecule has 1 aliphatic heterocycles. The Kier molecular flexibility index (Phi) is 4.74. The summed E-state index contributed by atoms with van der Waals surface area (Å²) in [5, 5.41) is 0. The van der Waals surface area contributed by atoms with Crippen molar-refractivity contribution in [2.45, 2.75) is 0 Å². The van der Waals surface area contributed by atoms with Crippen molar-refractivity contribution in [2.24, 2.45) is 0 Å². The fourth-order valence-electron chi connectivity index (χ4n) is 2.70. The van der Waals surface area contributed by atoms with Gasteiger partial charge in [0.15, 0.2) is 11.6 Å². The number of carbonyl (C=O) groups excluding carboxylic acids is 2. The summed E-state index contributed by atoms with van der Waals surface area (Å²) in [6.07, 6.45) is 0. The van der Waals surface area contributed by atoms with E-state index in [0.29, 0.717) is 18.7 Å². The Bertz CT molecular complexity index is 800. The first-order valence-electron chi connectivity index (χ1n) is 7.75. The van der Waals surface area contributed by atoms with E-state index in [-0.39, 0.29) is 24.6 Å². The van der Waals surface area contributed by atoms with E-state index in [1.54, 1.807) is 4.90 Å². The second kappa shape index (κ2) is 6.96. The molecular formula is C18H15F3N2O2. The van der Waals surface area contributed by atoms with E-state index in [1.165, 1.54) is 35.2 Å². The smallest absolute Gasteiger partial charge is 0.254 e. The molecular weight excluding hydrogens is 333 g/mol. The minimum Gasteiger partial charge on any atom is -0.335 e. The molecule has 130 valence electrons. The highest BCUT2D eigenvalue weighted by Crippen LogP contribution is 2.14. The molecule has 2 aromatic rings. The van der Waals surface area contributed by atoms with E-state index in [9.17, 15) is 22.8 Å². The van der Waals surface area contributed by atoms with Crippen molar-refractivity contribution >= 4 is 11.8 Å². The number of hydrogen-bond acceptors (Lipinski definition) is 2. The van der Waals surface area contributed by atoms with Crippen LogP contribution in [0.3, 0.4) is 0 Å². The Morgan fingerprint density at radius 3 is 1.68 bits per heavy atom. The summed E-state index contributed by atoms with van der Waals surface area (Å²) in [4.78, 5) is 27.7. The molecule has 0 aromatic heterocycles. The van der Waals surface area contributed by atoms with Crippen LogP contribution in [0.25, 0.3) is 0 Å². The third kappa shape index (κ3) is 3.65. The topological polar surface area (TPSA) is 40.6 Å². The van der Waals surface area contributed by atoms with E-state index < -0.39 is 23.4 Å². The summed E-state index contributed by atoms with van der Waals surface area (Å²) in [6, 6.07) is 8.28. The molecule has 3 rings (SSSR count). The monoisotopic (exact) mass is 348 g/mol. The molecule has 0 spiro atoms. The molecule has 0 bridgehead atoms. The Balaban J connectivity index is 1.63. The lowest BCUT2D eigenvalue weighted by molar-refractivity contribution is 0.0535. The van der Waals surface area contributed by atoms with Crippen LogP contribution in [0.15, 0.2) is 42.5 Å². The van der Waals surface area contributed by atoms with Gasteiger partial charge < -0.3 is 9.80 Å². The number of amides is 2. The van der Waals surface area contributed by atoms with Gasteiger partial charge in [-0.3, -0.25) is 9.59 Å². The molecule has 0 unspecified atom stereocenters. The van der Waals surface area contributed by atoms with Gasteiger partial charge in [-0.05, 0) is 42.5 Å². The molecule has 4 nitrogen and oxygen atoms in total. The molecule has 1 heterocycles. The SMILES string of the molecule is O=C(c1ccc(F)cc1)N1CCN(C(=O)c2ccc(F)c(F)c2)CC1. The molecule has 0 atom stereocenters. The molecule has 25 heavy (non-hydrogen) atoms. The predicted molar refractivity (Wildman–Crippen MR) is 84.6 cm³/mol. The number of benzene rings is 2. The number of nitrogens with zero attached hydrogens (tertiary/aromatic N) is 2. The Labute approximate surface area is 142 Å². The van der Waals surface area contributed by atoms with Gasteiger partial charge in [0, 0.05) is 37.3 Å². The summed E-state index contributed by atoms with van der Waals surface area (Å²) < 4.78 is 39.2. The molecule has 7 heteroatoms. The van der Waals surface area contributed by atoms with Crippen LogP contribution in [0.2, 0.25) is 0 Å². The van der Waals surface area contributed by atoms with Gasteiger partial charge in [0.05, 0.1) is 0 Å². The third-order valence-corrected chi connectivity index (χ3v) is 4.11. The molecule has 2 aromatic carbocycles. The lowest BCUT2D eigenvalue weighted by Crippen LogP contribution is -2.50. The molecule has 0 aliphatic carbocycles. The van der Waals surface area contributed by atoms with Gasteiger partial charge in [-0.1, -0.05) is 0 Å². The maximum atomic E-state index is 13.3. The first-order valence-corrected chi connectivity index (χ1v) is 7.75. The van der Waals surface area contributed by atoms with Crippen LogP contribution in [0, 0.1) is 17.5 Å². The van der Waals surface area contributed by atoms with Crippen molar-refractivity contribution in [2.75, 3.05) is 26.2 Å². The maximum absolute atomic E-state index is 13.3. The summed E-state index contributed by atoms with van der Waals surface area (Å²) in [5.74, 6) is -3.14. The lowest BCUT2D eigenvalue weighted by atomic mass is 10.1. The largest absolute Gasteiger partial charge is 0.335 e. The highest BCUT2D eigenvalue weighted by molar-refractivity contribution is 5.96. The molecule has 2 amide bonds. The van der Waals surface area contributed by atoms with Gasteiger partial charge in [-0.15, -0.1) is 0 Å². The quantitative estimate of drug-likeness (QED) is 0.837. The first-order chi connectivity index (χ1) is 12.0. The highest BCUT2D eigenvalue weighted by atomic mass is 19.2. The Hall–Kier alpha value is -2.83. The first kappa shape index (κ1) is 17.0. The molecule has 0 saturated carbocycles. The fourth-order valence-corrected chi connectivity index (χ4v) is 2.70. The van der Waals surface area contributed by atoms with Crippen LogP contribution in [0.4, 0.5) is 13.2 Å². The standard InChI is InChI=1S/C18H15F3N2O2/c19-14-4-1-12(2-5-14)17(24)22-7-9-23(10-8-22)18(25)13-3-6-15(20)16(21)11-13/h1-6,11H,7-10H2. The van der Waals surface area contributed by atoms with E-state index >= 15 is 0 Å². The summed E-state index contributed by atoms with van der Waals surface area (Å²) in [7, 11) is 0. The molecule has 1 fully saturated rings. The lowest BCUT2D eigenvalue weighted by Gasteiger charge is -2.34. The normalized spacial score (nSPS) is 14.5. The second-order valence-corrected chi connectivity index (χ2v) is 5.72. The predicted octanol–water partition coefficient (Wildman–Crippen LogP) is 2.70. The van der Waals surface area contributed by atoms with Gasteiger partial charge in [0.1, 0.15) is 5.82 Å². The fraction of sp³-hybridized carbons (Fsp3) is 0.222. The summed E-state index contributed by atoms with van der Waals surface area (Å²) in [6.45, 7) is 1.19. The average molecular weight is 348 g/mol. The molecule has 1 saturated heterocycles. The maximum Gasteiger partial charge on any atom is 0.254 e. The van der Waals surface area contributed by atoms with Crippen LogP contribution in [0.1, 0.15) is 20.7 Å². The van der Waals surface area contributed by atoms with Crippen LogP contribution in [-0.2, 0) is 0 Å². The van der Waals surface area contributed by atoms with Gasteiger partial charge in [0.25, 0.3) is 11.8 Å². The minimum absolute atomic E-state index is 0.0669. The van der Waals surface area contributed by atoms with Crippen molar-refractivity contribution < 1.29 is 22.8 Å². The summed E-state index contributed by atoms with van der Waals surface area (Å²) in [5.41, 5.74) is 0.444. The van der Waals surface area contributed by atoms with Gasteiger partial charge in [-0.25, -0.2) is 13.2 Å². The minimum atomic E-state index is -1.07. The summed E-state index contributed by atoms with van der Waals surface area (Å²) >= 11 is 0. The van der Waals surface area contributed by atoms with Crippen LogP contribution in [-0.4, -0.2) is 47.8 Å². The molecule has 0 radical (unpaired) electrons. The zero-order valence-electron chi connectivity index (χ0n) is 13.2. The van der Waals surface area contributed by atoms with E-state index in [4.69, 9.17) is 0 Å². The van der Waals surface area contributed by atoms with Gasteiger partial charge >= 0.3 is 0 Å². The van der Waals surface area contributed by atoms with E-state index in [2.05, 4.69) is 0 Å². The van der Waals surface area contributed by atoms with Gasteiger partial charge in [-0.2, -0.15) is 0 Å². The Morgan fingerprint density at radius 1 is 0.680 bits per heavy atom. The number of hydrogen-bond donors (Lipinski definition) is 0. The third-order valence-electron chi connectivity index (χ3n) is 4.11. The molecule has 1 aliphatic rings. The second-order valence-electron chi connectivity index (χ2n) is 5.72. The molecule has 0 N–H and O–H groups in total. The average Bonchev–Trinajstić information content (AvgIpc) is 2.63.